The van der Waals surface area contributed by atoms with Gasteiger partial charge in [0.2, 0.25) is 0 Å². The van der Waals surface area contributed by atoms with E-state index in [0.717, 1.165) is 26.1 Å². The van der Waals surface area contributed by atoms with Crippen molar-refractivity contribution in [3.05, 3.63) is 24.0 Å². The molecule has 0 atom stereocenters. The molecule has 0 spiro atoms. The second-order valence-electron chi connectivity index (χ2n) is 3.90. The quantitative estimate of drug-likeness (QED) is 0.731. The summed E-state index contributed by atoms with van der Waals surface area (Å²) in [4.78, 5) is 15.2. The van der Waals surface area contributed by atoms with E-state index in [0.29, 0.717) is 11.3 Å². The molecule has 86 valence electrons. The molecule has 0 bridgehead atoms. The topological polar surface area (TPSA) is 48.4 Å². The summed E-state index contributed by atoms with van der Waals surface area (Å²) in [5.74, 6) is 0.671. The van der Waals surface area contributed by atoms with E-state index in [2.05, 4.69) is 4.98 Å². The van der Waals surface area contributed by atoms with Gasteiger partial charge in [-0.15, -0.1) is 0 Å². The zero-order valence-corrected chi connectivity index (χ0v) is 9.31. The number of ketones is 1. The van der Waals surface area contributed by atoms with Gasteiger partial charge in [-0.1, -0.05) is 0 Å². The van der Waals surface area contributed by atoms with Crippen LogP contribution in [0.15, 0.2) is 18.5 Å². The van der Waals surface area contributed by atoms with Crippen molar-refractivity contribution in [3.8, 4) is 5.75 Å². The lowest BCUT2D eigenvalue weighted by atomic mass is 10.1. The highest BCUT2D eigenvalue weighted by molar-refractivity contribution is 5.94. The van der Waals surface area contributed by atoms with Crippen molar-refractivity contribution in [3.63, 3.8) is 0 Å². The minimum atomic E-state index is 0.00456. The molecule has 0 aliphatic carbocycles. The van der Waals surface area contributed by atoms with Crippen LogP contribution in [0.1, 0.15) is 30.1 Å². The van der Waals surface area contributed by atoms with Gasteiger partial charge in [-0.2, -0.15) is 0 Å². The van der Waals surface area contributed by atoms with Crippen LogP contribution in [0.25, 0.3) is 0 Å². The fraction of sp³-hybridized carbons (Fsp3) is 0.500. The smallest absolute Gasteiger partial charge is 0.161 e. The van der Waals surface area contributed by atoms with Crippen LogP contribution in [0.5, 0.6) is 5.75 Å². The molecule has 2 rings (SSSR count). The molecule has 1 aliphatic rings. The van der Waals surface area contributed by atoms with Gasteiger partial charge in [0.1, 0.15) is 11.9 Å². The Kier molecular flexibility index (Phi) is 3.51. The SMILES string of the molecule is CC(=O)c1cncc(OC2CCOCC2)c1. The number of rotatable bonds is 3. The maximum absolute atomic E-state index is 11.2. The van der Waals surface area contributed by atoms with E-state index in [1.165, 1.54) is 6.92 Å². The monoisotopic (exact) mass is 221 g/mol. The van der Waals surface area contributed by atoms with Gasteiger partial charge in [0.05, 0.1) is 19.4 Å². The molecule has 2 heterocycles. The Morgan fingerprint density at radius 1 is 1.44 bits per heavy atom. The predicted octanol–water partition coefficient (Wildman–Crippen LogP) is 1.84. The van der Waals surface area contributed by atoms with Gasteiger partial charge in [0, 0.05) is 24.6 Å². The minimum absolute atomic E-state index is 0.00456. The van der Waals surface area contributed by atoms with Crippen LogP contribution in [0.3, 0.4) is 0 Å². The molecule has 0 N–H and O–H groups in total. The lowest BCUT2D eigenvalue weighted by molar-refractivity contribution is 0.0254. The largest absolute Gasteiger partial charge is 0.489 e. The molecule has 0 saturated carbocycles. The molecular weight excluding hydrogens is 206 g/mol. The molecule has 1 aliphatic heterocycles. The van der Waals surface area contributed by atoms with Crippen LogP contribution in [-0.2, 0) is 4.74 Å². The standard InChI is InChI=1S/C12H15NO3/c1-9(14)10-6-12(8-13-7-10)16-11-2-4-15-5-3-11/h6-8,11H,2-5H2,1H3. The first kappa shape index (κ1) is 11.1. The molecule has 1 aromatic rings. The Hall–Kier alpha value is -1.42. The van der Waals surface area contributed by atoms with Crippen molar-refractivity contribution in [2.45, 2.75) is 25.9 Å². The Morgan fingerprint density at radius 2 is 2.19 bits per heavy atom. The van der Waals surface area contributed by atoms with E-state index in [1.54, 1.807) is 18.5 Å². The Morgan fingerprint density at radius 3 is 2.88 bits per heavy atom. The number of hydrogen-bond acceptors (Lipinski definition) is 4. The fourth-order valence-corrected chi connectivity index (χ4v) is 1.66. The van der Waals surface area contributed by atoms with Crippen LogP contribution in [-0.4, -0.2) is 30.1 Å². The molecule has 0 unspecified atom stereocenters. The number of carbonyl (C=O) groups excluding carboxylic acids is 1. The first-order chi connectivity index (χ1) is 7.75. The summed E-state index contributed by atoms with van der Waals surface area (Å²) >= 11 is 0. The summed E-state index contributed by atoms with van der Waals surface area (Å²) in [5.41, 5.74) is 0.588. The lowest BCUT2D eigenvalue weighted by Gasteiger charge is -2.23. The number of pyridine rings is 1. The van der Waals surface area contributed by atoms with Crippen LogP contribution in [0.2, 0.25) is 0 Å². The van der Waals surface area contributed by atoms with Gasteiger partial charge >= 0.3 is 0 Å². The van der Waals surface area contributed by atoms with E-state index < -0.39 is 0 Å². The van der Waals surface area contributed by atoms with Gasteiger partial charge in [0.15, 0.2) is 5.78 Å². The molecule has 4 heteroatoms. The molecule has 1 fully saturated rings. The number of carbonyl (C=O) groups is 1. The number of aromatic nitrogens is 1. The summed E-state index contributed by atoms with van der Waals surface area (Å²) in [6.45, 7) is 3.00. The highest BCUT2D eigenvalue weighted by Gasteiger charge is 2.15. The number of hydrogen-bond donors (Lipinski definition) is 0. The van der Waals surface area contributed by atoms with Crippen LogP contribution in [0, 0.1) is 0 Å². The van der Waals surface area contributed by atoms with Crippen LogP contribution in [0.4, 0.5) is 0 Å². The van der Waals surface area contributed by atoms with Gasteiger partial charge in [0.25, 0.3) is 0 Å². The highest BCUT2D eigenvalue weighted by Crippen LogP contribution is 2.18. The third kappa shape index (κ3) is 2.79. The zero-order valence-electron chi connectivity index (χ0n) is 9.31. The third-order valence-corrected chi connectivity index (χ3v) is 2.59. The maximum atomic E-state index is 11.2. The average Bonchev–Trinajstić information content (AvgIpc) is 2.30. The van der Waals surface area contributed by atoms with Crippen LogP contribution < -0.4 is 4.74 Å². The van der Waals surface area contributed by atoms with Crippen molar-refractivity contribution in [1.82, 2.24) is 4.98 Å². The lowest BCUT2D eigenvalue weighted by Crippen LogP contribution is -2.25. The molecule has 0 aromatic carbocycles. The number of Topliss-reactive ketones (excluding diaryl/α,β-unsaturated/α-hetero) is 1. The molecule has 1 aromatic heterocycles. The van der Waals surface area contributed by atoms with Gasteiger partial charge in [-0.05, 0) is 13.0 Å². The summed E-state index contributed by atoms with van der Waals surface area (Å²) < 4.78 is 11.0. The van der Waals surface area contributed by atoms with Crippen LogP contribution >= 0.6 is 0 Å². The summed E-state index contributed by atoms with van der Waals surface area (Å²) in [6, 6.07) is 1.74. The molecular formula is C12H15NO3. The molecule has 1 saturated heterocycles. The molecule has 0 amide bonds. The van der Waals surface area contributed by atoms with Crippen molar-refractivity contribution < 1.29 is 14.3 Å². The Bertz CT molecular complexity index is 372. The zero-order chi connectivity index (χ0) is 11.4. The van der Waals surface area contributed by atoms with Crippen molar-refractivity contribution in [2.24, 2.45) is 0 Å². The summed E-state index contributed by atoms with van der Waals surface area (Å²) in [6.07, 6.45) is 5.16. The van der Waals surface area contributed by atoms with Gasteiger partial charge in [-0.25, -0.2) is 0 Å². The maximum Gasteiger partial charge on any atom is 0.161 e. The predicted molar refractivity (Wildman–Crippen MR) is 58.7 cm³/mol. The first-order valence-electron chi connectivity index (χ1n) is 5.46. The Balaban J connectivity index is 2.02. The average molecular weight is 221 g/mol. The summed E-state index contributed by atoms with van der Waals surface area (Å²) in [7, 11) is 0. The third-order valence-electron chi connectivity index (χ3n) is 2.59. The van der Waals surface area contributed by atoms with Gasteiger partial charge < -0.3 is 9.47 Å². The second kappa shape index (κ2) is 5.07. The van der Waals surface area contributed by atoms with Crippen molar-refractivity contribution in [1.29, 1.82) is 0 Å². The van der Waals surface area contributed by atoms with Gasteiger partial charge in [-0.3, -0.25) is 9.78 Å². The minimum Gasteiger partial charge on any atom is -0.489 e. The number of nitrogens with zero attached hydrogens (tertiary/aromatic N) is 1. The van der Waals surface area contributed by atoms with E-state index in [1.807, 2.05) is 0 Å². The Labute approximate surface area is 94.6 Å². The van der Waals surface area contributed by atoms with Crippen molar-refractivity contribution >= 4 is 5.78 Å². The second-order valence-corrected chi connectivity index (χ2v) is 3.90. The fourth-order valence-electron chi connectivity index (χ4n) is 1.66. The molecule has 4 nitrogen and oxygen atoms in total. The van der Waals surface area contributed by atoms with E-state index in [4.69, 9.17) is 9.47 Å². The number of ether oxygens (including phenoxy) is 2. The molecule has 16 heavy (non-hydrogen) atoms. The van der Waals surface area contributed by atoms with Crippen molar-refractivity contribution in [2.75, 3.05) is 13.2 Å². The van der Waals surface area contributed by atoms with E-state index in [9.17, 15) is 4.79 Å². The highest BCUT2D eigenvalue weighted by atomic mass is 16.5. The summed E-state index contributed by atoms with van der Waals surface area (Å²) in [5, 5.41) is 0. The van der Waals surface area contributed by atoms with E-state index >= 15 is 0 Å². The first-order valence-corrected chi connectivity index (χ1v) is 5.46. The van der Waals surface area contributed by atoms with E-state index in [-0.39, 0.29) is 11.9 Å². The molecule has 0 radical (unpaired) electrons. The normalized spacial score (nSPS) is 17.1.